The lowest BCUT2D eigenvalue weighted by Crippen LogP contribution is -2.12. The molecule has 4 aromatic rings. The van der Waals surface area contributed by atoms with Crippen molar-refractivity contribution in [3.05, 3.63) is 101 Å². The van der Waals surface area contributed by atoms with Crippen LogP contribution < -0.4 is 16.0 Å². The van der Waals surface area contributed by atoms with Crippen molar-refractivity contribution in [3.8, 4) is 0 Å². The lowest BCUT2D eigenvalue weighted by Gasteiger charge is -2.11. The summed E-state index contributed by atoms with van der Waals surface area (Å²) in [6, 6.07) is 19.3. The van der Waals surface area contributed by atoms with E-state index in [1.807, 2.05) is 0 Å². The average Bonchev–Trinajstić information content (AvgIpc) is 2.83. The molecule has 170 valence electrons. The van der Waals surface area contributed by atoms with Crippen molar-refractivity contribution in [1.29, 1.82) is 0 Å². The highest BCUT2D eigenvalue weighted by Gasteiger charge is 2.11. The highest BCUT2D eigenvalue weighted by molar-refractivity contribution is 6.34. The van der Waals surface area contributed by atoms with Crippen LogP contribution in [-0.4, -0.2) is 27.0 Å². The zero-order valence-electron chi connectivity index (χ0n) is 17.4. The van der Waals surface area contributed by atoms with Gasteiger partial charge in [-0.2, -0.15) is 4.98 Å². The molecule has 4 N–H and O–H groups in total. The predicted molar refractivity (Wildman–Crippen MR) is 128 cm³/mol. The van der Waals surface area contributed by atoms with Crippen molar-refractivity contribution < 1.29 is 19.1 Å². The molecular weight excluding hydrogens is 461 g/mol. The number of anilines is 5. The molecule has 0 saturated carbocycles. The van der Waals surface area contributed by atoms with E-state index in [1.165, 1.54) is 12.1 Å². The van der Waals surface area contributed by atoms with Gasteiger partial charge < -0.3 is 21.1 Å². The smallest absolute Gasteiger partial charge is 0.335 e. The van der Waals surface area contributed by atoms with Gasteiger partial charge in [-0.15, -0.1) is 0 Å². The van der Waals surface area contributed by atoms with E-state index in [0.29, 0.717) is 27.6 Å². The maximum absolute atomic E-state index is 14.3. The summed E-state index contributed by atoms with van der Waals surface area (Å²) in [5.41, 5.74) is 2.10. The number of carboxylic acid groups (broad SMARTS) is 1. The lowest BCUT2D eigenvalue weighted by molar-refractivity contribution is 0.0696. The van der Waals surface area contributed by atoms with Gasteiger partial charge in [-0.05, 0) is 60.7 Å². The first-order valence-electron chi connectivity index (χ1n) is 9.95. The Labute approximate surface area is 198 Å². The Morgan fingerprint density at radius 2 is 1.47 bits per heavy atom. The molecule has 0 unspecified atom stereocenters. The Balaban J connectivity index is 1.43. The average molecular weight is 478 g/mol. The van der Waals surface area contributed by atoms with Crippen LogP contribution in [0.5, 0.6) is 0 Å². The van der Waals surface area contributed by atoms with E-state index < -0.39 is 11.8 Å². The van der Waals surface area contributed by atoms with E-state index in [0.717, 1.165) is 6.20 Å². The standard InChI is InChI=1S/C24H17ClFN5O3/c25-19-4-2-1-3-18(19)22(32)29-16-11-9-15(10-12-16)28-21-20(26)13-27-24(31-21)30-17-7-5-14(6-8-17)23(33)34/h1-13H,(H,29,32)(H,33,34)(H2,27,28,30,31). The molecule has 1 heterocycles. The molecule has 0 aliphatic carbocycles. The van der Waals surface area contributed by atoms with Gasteiger partial charge in [-0.3, -0.25) is 4.79 Å². The largest absolute Gasteiger partial charge is 0.478 e. The molecule has 1 aromatic heterocycles. The number of carbonyl (C=O) groups is 2. The maximum Gasteiger partial charge on any atom is 0.335 e. The number of halogens is 2. The third-order valence-electron chi connectivity index (χ3n) is 4.66. The van der Waals surface area contributed by atoms with Crippen molar-refractivity contribution in [3.63, 3.8) is 0 Å². The maximum atomic E-state index is 14.3. The highest BCUT2D eigenvalue weighted by Crippen LogP contribution is 2.23. The molecule has 0 aliphatic heterocycles. The number of carbonyl (C=O) groups excluding carboxylic acids is 1. The number of aromatic carboxylic acids is 1. The second-order valence-electron chi connectivity index (χ2n) is 7.03. The van der Waals surface area contributed by atoms with Gasteiger partial charge in [0.2, 0.25) is 5.95 Å². The van der Waals surface area contributed by atoms with E-state index in [-0.39, 0.29) is 23.2 Å². The summed E-state index contributed by atoms with van der Waals surface area (Å²) >= 11 is 6.05. The number of nitrogens with zero attached hydrogens (tertiary/aromatic N) is 2. The van der Waals surface area contributed by atoms with Crippen molar-refractivity contribution in [2.24, 2.45) is 0 Å². The molecule has 8 nitrogen and oxygen atoms in total. The number of nitrogens with one attached hydrogen (secondary N) is 3. The van der Waals surface area contributed by atoms with Crippen LogP contribution in [0.25, 0.3) is 0 Å². The van der Waals surface area contributed by atoms with Crippen LogP contribution in [0.2, 0.25) is 5.02 Å². The van der Waals surface area contributed by atoms with E-state index in [1.54, 1.807) is 60.7 Å². The first-order chi connectivity index (χ1) is 16.4. The number of benzene rings is 3. The first kappa shape index (κ1) is 22.7. The summed E-state index contributed by atoms with van der Waals surface area (Å²) in [6.07, 6.45) is 1.02. The van der Waals surface area contributed by atoms with E-state index in [2.05, 4.69) is 25.9 Å². The second-order valence-corrected chi connectivity index (χ2v) is 7.44. The summed E-state index contributed by atoms with van der Waals surface area (Å²) in [7, 11) is 0. The molecule has 3 aromatic carbocycles. The molecule has 0 fully saturated rings. The third kappa shape index (κ3) is 5.45. The zero-order chi connectivity index (χ0) is 24.1. The van der Waals surface area contributed by atoms with Crippen molar-refractivity contribution in [2.45, 2.75) is 0 Å². The van der Waals surface area contributed by atoms with E-state index >= 15 is 0 Å². The summed E-state index contributed by atoms with van der Waals surface area (Å²) < 4.78 is 14.3. The van der Waals surface area contributed by atoms with Gasteiger partial charge in [0.1, 0.15) is 0 Å². The van der Waals surface area contributed by atoms with Gasteiger partial charge in [0, 0.05) is 17.1 Å². The topological polar surface area (TPSA) is 116 Å². The summed E-state index contributed by atoms with van der Waals surface area (Å²) in [6.45, 7) is 0. The first-order valence-corrected chi connectivity index (χ1v) is 10.3. The quantitative estimate of drug-likeness (QED) is 0.269. The zero-order valence-corrected chi connectivity index (χ0v) is 18.2. The van der Waals surface area contributed by atoms with Gasteiger partial charge in [-0.25, -0.2) is 14.2 Å². The van der Waals surface area contributed by atoms with E-state index in [9.17, 15) is 14.0 Å². The van der Waals surface area contributed by atoms with Gasteiger partial charge in [0.05, 0.1) is 22.3 Å². The fraction of sp³-hybridized carbons (Fsp3) is 0. The SMILES string of the molecule is O=C(O)c1ccc(Nc2ncc(F)c(Nc3ccc(NC(=O)c4ccccc4Cl)cc3)n2)cc1. The molecule has 4 rings (SSSR count). The van der Waals surface area contributed by atoms with Crippen LogP contribution in [0.4, 0.5) is 33.2 Å². The van der Waals surface area contributed by atoms with Crippen molar-refractivity contribution in [2.75, 3.05) is 16.0 Å². The number of hydrogen-bond donors (Lipinski definition) is 4. The third-order valence-corrected chi connectivity index (χ3v) is 4.99. The molecule has 0 spiro atoms. The van der Waals surface area contributed by atoms with Crippen LogP contribution in [-0.2, 0) is 0 Å². The number of carboxylic acids is 1. The minimum absolute atomic E-state index is 0.0625. The minimum Gasteiger partial charge on any atom is -0.478 e. The number of hydrogen-bond acceptors (Lipinski definition) is 6. The fourth-order valence-electron chi connectivity index (χ4n) is 2.96. The van der Waals surface area contributed by atoms with Crippen LogP contribution >= 0.6 is 11.6 Å². The van der Waals surface area contributed by atoms with Crippen LogP contribution in [0.15, 0.2) is 79.0 Å². The minimum atomic E-state index is -1.04. The Morgan fingerprint density at radius 3 is 2.15 bits per heavy atom. The molecule has 34 heavy (non-hydrogen) atoms. The number of aromatic nitrogens is 2. The van der Waals surface area contributed by atoms with Crippen molar-refractivity contribution >= 4 is 52.3 Å². The fourth-order valence-corrected chi connectivity index (χ4v) is 3.18. The second kappa shape index (κ2) is 9.97. The van der Waals surface area contributed by atoms with Gasteiger partial charge in [0.25, 0.3) is 5.91 Å². The molecule has 0 atom stereocenters. The number of rotatable bonds is 7. The number of amides is 1. The Bertz CT molecular complexity index is 1350. The predicted octanol–water partition coefficient (Wildman–Crippen LogP) is 5.71. The molecule has 0 radical (unpaired) electrons. The molecule has 1 amide bonds. The summed E-state index contributed by atoms with van der Waals surface area (Å²) in [5.74, 6) is -1.99. The normalized spacial score (nSPS) is 10.4. The summed E-state index contributed by atoms with van der Waals surface area (Å²) in [5, 5.41) is 17.8. The van der Waals surface area contributed by atoms with E-state index in [4.69, 9.17) is 16.7 Å². The van der Waals surface area contributed by atoms with Crippen LogP contribution in [0, 0.1) is 5.82 Å². The molecule has 0 saturated heterocycles. The Hall–Kier alpha value is -4.50. The highest BCUT2D eigenvalue weighted by atomic mass is 35.5. The molecule has 0 bridgehead atoms. The van der Waals surface area contributed by atoms with Crippen molar-refractivity contribution in [1.82, 2.24) is 9.97 Å². The summed E-state index contributed by atoms with van der Waals surface area (Å²) in [4.78, 5) is 31.4. The van der Waals surface area contributed by atoms with Crippen LogP contribution in [0.1, 0.15) is 20.7 Å². The van der Waals surface area contributed by atoms with Gasteiger partial charge in [0.15, 0.2) is 11.6 Å². The Morgan fingerprint density at radius 1 is 0.853 bits per heavy atom. The van der Waals surface area contributed by atoms with Gasteiger partial charge >= 0.3 is 5.97 Å². The molecule has 0 aliphatic rings. The molecular formula is C24H17ClFN5O3. The monoisotopic (exact) mass is 477 g/mol. The lowest BCUT2D eigenvalue weighted by atomic mass is 10.2. The van der Waals surface area contributed by atoms with Crippen LogP contribution in [0.3, 0.4) is 0 Å². The Kier molecular flexibility index (Phi) is 6.65. The molecule has 10 heteroatoms. The van der Waals surface area contributed by atoms with Gasteiger partial charge in [-0.1, -0.05) is 23.7 Å².